The Morgan fingerprint density at radius 3 is 2.33 bits per heavy atom. The normalized spacial score (nSPS) is 21.5. The number of benzene rings is 1. The molecule has 2 amide bonds. The van der Waals surface area contributed by atoms with Crippen LogP contribution in [0.2, 0.25) is 0 Å². The second kappa shape index (κ2) is 12.7. The van der Waals surface area contributed by atoms with Gasteiger partial charge in [-0.05, 0) is 62.5 Å². The number of aliphatic hydroxyl groups is 1. The molecule has 1 aromatic rings. The average Bonchev–Trinajstić information content (AvgIpc) is 2.93. The Kier molecular flexibility index (Phi) is 9.58. The summed E-state index contributed by atoms with van der Waals surface area (Å²) in [5.41, 5.74) is -2.07. The minimum absolute atomic E-state index is 0.0483. The minimum Gasteiger partial charge on any atom is -0.382 e. The Hall–Kier alpha value is -2.60. The van der Waals surface area contributed by atoms with E-state index in [1.165, 1.54) is 25.3 Å². The lowest BCUT2D eigenvalue weighted by Crippen LogP contribution is -2.50. The van der Waals surface area contributed by atoms with Crippen LogP contribution in [0.5, 0.6) is 0 Å². The monoisotopic (exact) mass is 555 g/mol. The van der Waals surface area contributed by atoms with Crippen molar-refractivity contribution in [3.05, 3.63) is 33.9 Å². The van der Waals surface area contributed by atoms with E-state index in [0.717, 1.165) is 50.9 Å². The molecular weight excluding hydrogens is 515 g/mol. The summed E-state index contributed by atoms with van der Waals surface area (Å²) in [7, 11) is 1.81. The van der Waals surface area contributed by atoms with Gasteiger partial charge in [0.25, 0.3) is 5.69 Å². The fraction of sp³-hybridized carbons (Fsp3) is 0.741. The van der Waals surface area contributed by atoms with Crippen LogP contribution >= 0.6 is 0 Å². The topological polar surface area (TPSA) is 102 Å². The molecule has 1 aromatic carbocycles. The van der Waals surface area contributed by atoms with Crippen LogP contribution in [0.3, 0.4) is 0 Å². The van der Waals surface area contributed by atoms with Crippen LogP contribution in [-0.2, 0) is 6.18 Å². The third kappa shape index (κ3) is 7.53. The first-order valence-electron chi connectivity index (χ1n) is 14.1. The van der Waals surface area contributed by atoms with Crippen molar-refractivity contribution in [3.63, 3.8) is 0 Å². The number of nitrogens with zero attached hydrogens (tertiary/aromatic N) is 4. The molecule has 0 aromatic heterocycles. The van der Waals surface area contributed by atoms with E-state index in [9.17, 15) is 33.2 Å². The molecular formula is C27H40F3N5O4. The second-order valence-electron chi connectivity index (χ2n) is 11.3. The van der Waals surface area contributed by atoms with Crippen molar-refractivity contribution in [1.82, 2.24) is 14.7 Å². The number of hydrogen-bond acceptors (Lipinski definition) is 6. The van der Waals surface area contributed by atoms with Crippen molar-refractivity contribution in [1.29, 1.82) is 0 Å². The molecule has 2 saturated heterocycles. The van der Waals surface area contributed by atoms with Crippen molar-refractivity contribution in [2.45, 2.75) is 76.2 Å². The van der Waals surface area contributed by atoms with Gasteiger partial charge >= 0.3 is 12.2 Å². The first-order chi connectivity index (χ1) is 18.5. The molecule has 1 saturated carbocycles. The van der Waals surface area contributed by atoms with Gasteiger partial charge in [-0.15, -0.1) is 0 Å². The molecule has 1 aliphatic carbocycles. The van der Waals surface area contributed by atoms with Crippen LogP contribution in [0.4, 0.5) is 29.3 Å². The Labute approximate surface area is 227 Å². The summed E-state index contributed by atoms with van der Waals surface area (Å²) in [5, 5.41) is 24.8. The number of halogens is 3. The van der Waals surface area contributed by atoms with Crippen LogP contribution in [0, 0.1) is 22.0 Å². The van der Waals surface area contributed by atoms with E-state index >= 15 is 0 Å². The lowest BCUT2D eigenvalue weighted by Gasteiger charge is -2.41. The highest BCUT2D eigenvalue weighted by Gasteiger charge is 2.39. The molecule has 2 N–H and O–H groups in total. The first kappa shape index (κ1) is 29.4. The standard InChI is InChI=1S/C27H40F3N5O4/c1-32(18-19-9-13-33(14-10-19)25(36)20-5-3-2-4-6-20)26(37)34-15-11-21(12-16-34)31-22-7-8-24(35(38)39)23(17-22)27(28,29)30/h7-8,17,19-21,25,31,36H,2-6,9-16,18H2,1H3. The van der Waals surface area contributed by atoms with Crippen LogP contribution in [0.1, 0.15) is 63.4 Å². The predicted octanol–water partition coefficient (Wildman–Crippen LogP) is 5.15. The fourth-order valence-electron chi connectivity index (χ4n) is 6.30. The van der Waals surface area contributed by atoms with E-state index < -0.39 is 22.4 Å². The van der Waals surface area contributed by atoms with Crippen molar-refractivity contribution in [2.24, 2.45) is 11.8 Å². The molecule has 12 heteroatoms. The Balaban J connectivity index is 1.21. The number of alkyl halides is 3. The maximum absolute atomic E-state index is 13.3. The molecule has 218 valence electrons. The Morgan fingerprint density at radius 2 is 1.74 bits per heavy atom. The average molecular weight is 556 g/mol. The van der Waals surface area contributed by atoms with Gasteiger partial charge in [-0.2, -0.15) is 13.2 Å². The molecule has 2 heterocycles. The van der Waals surface area contributed by atoms with E-state index in [2.05, 4.69) is 10.2 Å². The SMILES string of the molecule is CN(CC1CCN(C(O)C2CCCCC2)CC1)C(=O)N1CCC(Nc2ccc([N+](=O)[O-])c(C(F)(F)F)c2)CC1. The van der Waals surface area contributed by atoms with Crippen molar-refractivity contribution >= 4 is 17.4 Å². The number of carbonyl (C=O) groups is 1. The molecule has 0 bridgehead atoms. The summed E-state index contributed by atoms with van der Waals surface area (Å²) in [6.07, 6.45) is 3.72. The van der Waals surface area contributed by atoms with Gasteiger partial charge in [-0.3, -0.25) is 15.0 Å². The predicted molar refractivity (Wildman–Crippen MR) is 141 cm³/mol. The minimum atomic E-state index is -4.83. The maximum atomic E-state index is 13.3. The van der Waals surface area contributed by atoms with Gasteiger partial charge < -0.3 is 20.2 Å². The van der Waals surface area contributed by atoms with Gasteiger partial charge in [0, 0.05) is 57.6 Å². The highest BCUT2D eigenvalue weighted by Crippen LogP contribution is 2.38. The number of nitro benzene ring substituents is 1. The molecule has 1 atom stereocenters. The van der Waals surface area contributed by atoms with Gasteiger partial charge in [-0.1, -0.05) is 19.3 Å². The smallest absolute Gasteiger partial charge is 0.382 e. The van der Waals surface area contributed by atoms with E-state index in [4.69, 9.17) is 0 Å². The van der Waals surface area contributed by atoms with Crippen molar-refractivity contribution < 1.29 is 28.0 Å². The lowest BCUT2D eigenvalue weighted by molar-refractivity contribution is -0.388. The van der Waals surface area contributed by atoms with Crippen LogP contribution < -0.4 is 5.32 Å². The van der Waals surface area contributed by atoms with E-state index in [-0.39, 0.29) is 24.0 Å². The lowest BCUT2D eigenvalue weighted by atomic mass is 9.86. The molecule has 1 unspecified atom stereocenters. The van der Waals surface area contributed by atoms with Gasteiger partial charge in [-0.25, -0.2) is 4.79 Å². The highest BCUT2D eigenvalue weighted by atomic mass is 19.4. The number of rotatable bonds is 7. The third-order valence-corrected chi connectivity index (χ3v) is 8.59. The Bertz CT molecular complexity index is 988. The third-order valence-electron chi connectivity index (χ3n) is 8.59. The molecule has 0 spiro atoms. The fourth-order valence-corrected chi connectivity index (χ4v) is 6.30. The molecule has 3 fully saturated rings. The molecule has 2 aliphatic heterocycles. The summed E-state index contributed by atoms with van der Waals surface area (Å²) in [4.78, 5) is 28.8. The van der Waals surface area contributed by atoms with Gasteiger partial charge in [0.1, 0.15) is 11.8 Å². The second-order valence-corrected chi connectivity index (χ2v) is 11.3. The van der Waals surface area contributed by atoms with E-state index in [1.54, 1.807) is 9.80 Å². The van der Waals surface area contributed by atoms with Gasteiger partial charge in [0.05, 0.1) is 4.92 Å². The summed E-state index contributed by atoms with van der Waals surface area (Å²) >= 11 is 0. The highest BCUT2D eigenvalue weighted by molar-refractivity contribution is 5.74. The van der Waals surface area contributed by atoms with Crippen LogP contribution in [0.15, 0.2) is 18.2 Å². The number of likely N-dealkylation sites (tertiary alicyclic amines) is 2. The molecule has 9 nitrogen and oxygen atoms in total. The number of hydrogen-bond donors (Lipinski definition) is 2. The van der Waals surface area contributed by atoms with Gasteiger partial charge in [0.2, 0.25) is 0 Å². The zero-order valence-corrected chi connectivity index (χ0v) is 22.5. The molecule has 39 heavy (non-hydrogen) atoms. The van der Waals surface area contributed by atoms with E-state index in [1.807, 2.05) is 7.05 Å². The number of piperidine rings is 2. The molecule has 0 radical (unpaired) electrons. The number of carbonyl (C=O) groups excluding carboxylic acids is 1. The van der Waals surface area contributed by atoms with Crippen LogP contribution in [-0.4, -0.2) is 82.8 Å². The number of amides is 2. The maximum Gasteiger partial charge on any atom is 0.423 e. The van der Waals surface area contributed by atoms with Crippen LogP contribution in [0.25, 0.3) is 0 Å². The quantitative estimate of drug-likeness (QED) is 0.356. The van der Waals surface area contributed by atoms with Crippen molar-refractivity contribution in [2.75, 3.05) is 45.1 Å². The number of aliphatic hydroxyl groups excluding tert-OH is 1. The first-order valence-corrected chi connectivity index (χ1v) is 14.1. The molecule has 4 rings (SSSR count). The summed E-state index contributed by atoms with van der Waals surface area (Å²) in [6, 6.07) is 2.76. The van der Waals surface area contributed by atoms with Gasteiger partial charge in [0.15, 0.2) is 0 Å². The van der Waals surface area contributed by atoms with E-state index in [0.29, 0.717) is 44.3 Å². The number of urea groups is 1. The summed E-state index contributed by atoms with van der Waals surface area (Å²) in [6.45, 7) is 3.31. The van der Waals surface area contributed by atoms with Crippen molar-refractivity contribution in [3.8, 4) is 0 Å². The summed E-state index contributed by atoms with van der Waals surface area (Å²) < 4.78 is 39.9. The number of nitrogens with one attached hydrogen (secondary N) is 1. The Morgan fingerprint density at radius 1 is 1.10 bits per heavy atom. The summed E-state index contributed by atoms with van der Waals surface area (Å²) in [5.74, 6) is 0.766. The number of nitro groups is 1. The largest absolute Gasteiger partial charge is 0.423 e. The number of anilines is 1. The zero-order chi connectivity index (χ0) is 28.2. The molecule has 3 aliphatic rings. The zero-order valence-electron chi connectivity index (χ0n) is 22.5.